The summed E-state index contributed by atoms with van der Waals surface area (Å²) in [6, 6.07) is 13.8. The zero-order chi connectivity index (χ0) is 19.6. The summed E-state index contributed by atoms with van der Waals surface area (Å²) in [6.45, 7) is 5.49. The van der Waals surface area contributed by atoms with Crippen molar-refractivity contribution >= 4 is 6.03 Å². The zero-order valence-corrected chi connectivity index (χ0v) is 15.8. The first-order valence-electron chi connectivity index (χ1n) is 9.47. The van der Waals surface area contributed by atoms with Gasteiger partial charge in [0.25, 0.3) is 0 Å². The van der Waals surface area contributed by atoms with Gasteiger partial charge in [-0.3, -0.25) is 4.90 Å². The van der Waals surface area contributed by atoms with Gasteiger partial charge in [-0.25, -0.2) is 9.18 Å². The third-order valence-electron chi connectivity index (χ3n) is 4.42. The van der Waals surface area contributed by atoms with Gasteiger partial charge in [-0.05, 0) is 35.4 Å². The van der Waals surface area contributed by atoms with E-state index in [1.165, 1.54) is 17.7 Å². The normalized spacial score (nSPS) is 14.5. The number of rotatable bonds is 8. The summed E-state index contributed by atoms with van der Waals surface area (Å²) in [5.74, 6) is 0.263. The van der Waals surface area contributed by atoms with Gasteiger partial charge in [0.15, 0.2) is 0 Å². The second-order valence-electron chi connectivity index (χ2n) is 6.62. The first kappa shape index (κ1) is 20.1. The number of ether oxygens (including phenoxy) is 2. The van der Waals surface area contributed by atoms with Gasteiger partial charge in [0.05, 0.1) is 19.8 Å². The SMILES string of the molecule is O=C(NCCOc1ccc(F)cc1)NCc1cccc(CN2CCOCC2)c1. The molecule has 2 aromatic carbocycles. The van der Waals surface area contributed by atoms with Crippen LogP contribution in [0.15, 0.2) is 48.5 Å². The summed E-state index contributed by atoms with van der Waals surface area (Å²) >= 11 is 0. The molecular formula is C21H26FN3O3. The van der Waals surface area contributed by atoms with Crippen LogP contribution in [-0.4, -0.2) is 50.4 Å². The number of hydrogen-bond acceptors (Lipinski definition) is 4. The van der Waals surface area contributed by atoms with Crippen molar-refractivity contribution in [2.45, 2.75) is 13.1 Å². The van der Waals surface area contributed by atoms with Crippen LogP contribution in [0.25, 0.3) is 0 Å². The van der Waals surface area contributed by atoms with Crippen molar-refractivity contribution in [3.63, 3.8) is 0 Å². The van der Waals surface area contributed by atoms with Crippen LogP contribution in [0.5, 0.6) is 5.75 Å². The maximum Gasteiger partial charge on any atom is 0.315 e. The molecule has 0 atom stereocenters. The summed E-state index contributed by atoms with van der Waals surface area (Å²) in [7, 11) is 0. The van der Waals surface area contributed by atoms with E-state index < -0.39 is 0 Å². The van der Waals surface area contributed by atoms with E-state index in [2.05, 4.69) is 27.7 Å². The van der Waals surface area contributed by atoms with E-state index >= 15 is 0 Å². The quantitative estimate of drug-likeness (QED) is 0.684. The number of benzene rings is 2. The molecule has 28 heavy (non-hydrogen) atoms. The van der Waals surface area contributed by atoms with Crippen molar-refractivity contribution in [2.75, 3.05) is 39.5 Å². The Bertz CT molecular complexity index is 749. The average molecular weight is 387 g/mol. The summed E-state index contributed by atoms with van der Waals surface area (Å²) in [5, 5.41) is 5.59. The molecular weight excluding hydrogens is 361 g/mol. The Morgan fingerprint density at radius 3 is 2.61 bits per heavy atom. The maximum atomic E-state index is 12.8. The van der Waals surface area contributed by atoms with Crippen molar-refractivity contribution in [3.8, 4) is 5.75 Å². The number of nitrogens with zero attached hydrogens (tertiary/aromatic N) is 1. The van der Waals surface area contributed by atoms with Crippen LogP contribution in [0.1, 0.15) is 11.1 Å². The predicted molar refractivity (Wildman–Crippen MR) is 105 cm³/mol. The Kier molecular flexibility index (Phi) is 7.63. The molecule has 1 aliphatic rings. The molecule has 0 spiro atoms. The lowest BCUT2D eigenvalue weighted by molar-refractivity contribution is 0.0342. The summed E-state index contributed by atoms with van der Waals surface area (Å²) < 4.78 is 23.6. The Morgan fingerprint density at radius 1 is 1.07 bits per heavy atom. The van der Waals surface area contributed by atoms with Gasteiger partial charge in [0.2, 0.25) is 0 Å². The highest BCUT2D eigenvalue weighted by atomic mass is 19.1. The largest absolute Gasteiger partial charge is 0.492 e. The lowest BCUT2D eigenvalue weighted by Gasteiger charge is -2.26. The Labute approximate surface area is 164 Å². The van der Waals surface area contributed by atoms with Crippen molar-refractivity contribution < 1.29 is 18.7 Å². The highest BCUT2D eigenvalue weighted by Crippen LogP contribution is 2.11. The molecule has 150 valence electrons. The van der Waals surface area contributed by atoms with Crippen molar-refractivity contribution in [3.05, 3.63) is 65.5 Å². The van der Waals surface area contributed by atoms with Crippen LogP contribution in [0, 0.1) is 5.82 Å². The fraction of sp³-hybridized carbons (Fsp3) is 0.381. The number of morpholine rings is 1. The zero-order valence-electron chi connectivity index (χ0n) is 15.8. The third-order valence-corrected chi connectivity index (χ3v) is 4.42. The number of hydrogen-bond donors (Lipinski definition) is 2. The molecule has 1 fully saturated rings. The first-order chi connectivity index (χ1) is 13.7. The van der Waals surface area contributed by atoms with Crippen LogP contribution in [-0.2, 0) is 17.8 Å². The Hall–Kier alpha value is -2.64. The van der Waals surface area contributed by atoms with Crippen LogP contribution >= 0.6 is 0 Å². The highest BCUT2D eigenvalue weighted by molar-refractivity contribution is 5.73. The second-order valence-corrected chi connectivity index (χ2v) is 6.62. The summed E-state index contributed by atoms with van der Waals surface area (Å²) in [5.41, 5.74) is 2.29. The van der Waals surface area contributed by atoms with Gasteiger partial charge >= 0.3 is 6.03 Å². The van der Waals surface area contributed by atoms with E-state index in [-0.39, 0.29) is 11.8 Å². The van der Waals surface area contributed by atoms with Crippen molar-refractivity contribution in [1.82, 2.24) is 15.5 Å². The number of amides is 2. The molecule has 0 bridgehead atoms. The molecule has 6 nitrogen and oxygen atoms in total. The minimum absolute atomic E-state index is 0.249. The van der Waals surface area contributed by atoms with Gasteiger partial charge in [0.1, 0.15) is 18.2 Å². The minimum atomic E-state index is -0.307. The molecule has 1 aliphatic heterocycles. The van der Waals surface area contributed by atoms with E-state index in [0.29, 0.717) is 25.4 Å². The number of halogens is 1. The molecule has 1 heterocycles. The van der Waals surface area contributed by atoms with Gasteiger partial charge in [0, 0.05) is 26.2 Å². The standard InChI is InChI=1S/C21H26FN3O3/c22-19-4-6-20(7-5-19)28-11-8-23-21(26)24-15-17-2-1-3-18(14-17)16-25-9-12-27-13-10-25/h1-7,14H,8-13,15-16H2,(H2,23,24,26). The second kappa shape index (κ2) is 10.6. The number of carbonyl (C=O) groups is 1. The van der Waals surface area contributed by atoms with E-state index in [1.54, 1.807) is 12.1 Å². The van der Waals surface area contributed by atoms with Gasteiger partial charge in [-0.1, -0.05) is 24.3 Å². The molecule has 7 heteroatoms. The monoisotopic (exact) mass is 387 g/mol. The van der Waals surface area contributed by atoms with Gasteiger partial charge in [-0.2, -0.15) is 0 Å². The van der Waals surface area contributed by atoms with Crippen molar-refractivity contribution in [2.24, 2.45) is 0 Å². The molecule has 3 rings (SSSR count). The molecule has 0 aliphatic carbocycles. The Morgan fingerprint density at radius 2 is 1.82 bits per heavy atom. The molecule has 0 saturated carbocycles. The highest BCUT2D eigenvalue weighted by Gasteiger charge is 2.10. The number of urea groups is 1. The molecule has 0 unspecified atom stereocenters. The predicted octanol–water partition coefficient (Wildman–Crippen LogP) is 2.54. The Balaban J connectivity index is 1.34. The molecule has 0 radical (unpaired) electrons. The van der Waals surface area contributed by atoms with E-state index in [4.69, 9.17) is 9.47 Å². The van der Waals surface area contributed by atoms with Crippen LogP contribution in [0.3, 0.4) is 0 Å². The van der Waals surface area contributed by atoms with Crippen LogP contribution < -0.4 is 15.4 Å². The summed E-state index contributed by atoms with van der Waals surface area (Å²) in [4.78, 5) is 14.3. The van der Waals surface area contributed by atoms with Crippen LogP contribution in [0.4, 0.5) is 9.18 Å². The lowest BCUT2D eigenvalue weighted by atomic mass is 10.1. The van der Waals surface area contributed by atoms with E-state index in [1.807, 2.05) is 12.1 Å². The summed E-state index contributed by atoms with van der Waals surface area (Å²) in [6.07, 6.45) is 0. The first-order valence-corrected chi connectivity index (χ1v) is 9.47. The van der Waals surface area contributed by atoms with Crippen LogP contribution in [0.2, 0.25) is 0 Å². The van der Waals surface area contributed by atoms with Crippen molar-refractivity contribution in [1.29, 1.82) is 0 Å². The maximum absolute atomic E-state index is 12.8. The molecule has 0 aromatic heterocycles. The number of nitrogens with one attached hydrogen (secondary N) is 2. The molecule has 1 saturated heterocycles. The average Bonchev–Trinajstić information content (AvgIpc) is 2.72. The minimum Gasteiger partial charge on any atom is -0.492 e. The molecule has 2 aromatic rings. The molecule has 2 N–H and O–H groups in total. The van der Waals surface area contributed by atoms with E-state index in [0.717, 1.165) is 38.4 Å². The van der Waals surface area contributed by atoms with Gasteiger partial charge in [-0.15, -0.1) is 0 Å². The fourth-order valence-electron chi connectivity index (χ4n) is 2.96. The van der Waals surface area contributed by atoms with Gasteiger partial charge < -0.3 is 20.1 Å². The smallest absolute Gasteiger partial charge is 0.315 e. The number of carbonyl (C=O) groups excluding carboxylic acids is 1. The lowest BCUT2D eigenvalue weighted by Crippen LogP contribution is -2.37. The topological polar surface area (TPSA) is 62.8 Å². The molecule has 2 amide bonds. The fourth-order valence-corrected chi connectivity index (χ4v) is 2.96. The third kappa shape index (κ3) is 6.83. The van der Waals surface area contributed by atoms with E-state index in [9.17, 15) is 9.18 Å².